The van der Waals surface area contributed by atoms with Gasteiger partial charge in [-0.05, 0) is 24.6 Å². The van der Waals surface area contributed by atoms with E-state index in [1.807, 2.05) is 19.1 Å². The molecule has 0 aliphatic rings. The maximum absolute atomic E-state index is 13.3. The van der Waals surface area contributed by atoms with Gasteiger partial charge in [-0.25, -0.2) is 17.6 Å². The van der Waals surface area contributed by atoms with Crippen molar-refractivity contribution in [2.45, 2.75) is 13.6 Å². The van der Waals surface area contributed by atoms with Crippen molar-refractivity contribution in [2.24, 2.45) is 0 Å². The minimum Gasteiger partial charge on any atom is -0.294 e. The SMILES string of the molecule is Cc1ccc(-c2ccc(CF)c(F)c2)nc1.N#Cc1c(F)cc(OF)cc1F. The lowest BCUT2D eigenvalue weighted by Crippen LogP contribution is -1.90. The molecular formula is C20H13F5N2O. The predicted octanol–water partition coefficient (Wildman–Crippen LogP) is 5.77. The van der Waals surface area contributed by atoms with Crippen LogP contribution in [0.1, 0.15) is 16.7 Å². The Hall–Kier alpha value is -3.47. The number of benzene rings is 2. The molecule has 0 spiro atoms. The average molecular weight is 392 g/mol. The third-order valence-electron chi connectivity index (χ3n) is 3.62. The number of hydrogen-bond donors (Lipinski definition) is 0. The van der Waals surface area contributed by atoms with Gasteiger partial charge in [-0.2, -0.15) is 5.26 Å². The van der Waals surface area contributed by atoms with Crippen LogP contribution in [0.2, 0.25) is 0 Å². The lowest BCUT2D eigenvalue weighted by atomic mass is 10.1. The zero-order chi connectivity index (χ0) is 20.7. The van der Waals surface area contributed by atoms with Crippen molar-refractivity contribution >= 4 is 0 Å². The Bertz CT molecular complexity index is 977. The lowest BCUT2D eigenvalue weighted by Gasteiger charge is -2.03. The molecule has 8 heteroatoms. The zero-order valence-electron chi connectivity index (χ0n) is 14.5. The summed E-state index contributed by atoms with van der Waals surface area (Å²) in [5.74, 6) is -3.43. The molecule has 0 amide bonds. The highest BCUT2D eigenvalue weighted by molar-refractivity contribution is 5.59. The summed E-state index contributed by atoms with van der Waals surface area (Å²) in [5, 5.41) is 8.20. The second-order valence-electron chi connectivity index (χ2n) is 5.61. The molecule has 0 atom stereocenters. The number of halogens is 5. The summed E-state index contributed by atoms with van der Waals surface area (Å²) in [7, 11) is 0. The molecule has 144 valence electrons. The Kier molecular flexibility index (Phi) is 7.04. The van der Waals surface area contributed by atoms with Crippen LogP contribution in [0.25, 0.3) is 11.3 Å². The Morgan fingerprint density at radius 1 is 1.00 bits per heavy atom. The number of rotatable bonds is 3. The molecule has 0 saturated carbocycles. The first-order valence-electron chi connectivity index (χ1n) is 7.84. The lowest BCUT2D eigenvalue weighted by molar-refractivity contribution is -0.00692. The molecule has 2 aromatic carbocycles. The van der Waals surface area contributed by atoms with Crippen LogP contribution in [0.5, 0.6) is 5.75 Å². The Morgan fingerprint density at radius 3 is 2.14 bits per heavy atom. The molecule has 1 heterocycles. The Morgan fingerprint density at radius 2 is 1.68 bits per heavy atom. The zero-order valence-corrected chi connectivity index (χ0v) is 14.5. The molecule has 0 saturated heterocycles. The molecule has 3 rings (SSSR count). The molecule has 3 aromatic rings. The Labute approximate surface area is 157 Å². The summed E-state index contributed by atoms with van der Waals surface area (Å²) in [4.78, 5) is 7.27. The van der Waals surface area contributed by atoms with Crippen LogP contribution in [0.3, 0.4) is 0 Å². The molecule has 0 N–H and O–H groups in total. The van der Waals surface area contributed by atoms with Gasteiger partial charge in [0, 0.05) is 34.0 Å². The van der Waals surface area contributed by atoms with Crippen molar-refractivity contribution < 1.29 is 27.0 Å². The van der Waals surface area contributed by atoms with Crippen LogP contribution < -0.4 is 4.94 Å². The van der Waals surface area contributed by atoms with Crippen LogP contribution in [0.15, 0.2) is 48.7 Å². The van der Waals surface area contributed by atoms with Crippen molar-refractivity contribution in [1.82, 2.24) is 4.98 Å². The standard InChI is InChI=1S/C13H11F2N.C7H2F3NO/c1-9-2-5-13(16-8-9)10-3-4-11(7-14)12(15)6-10;8-6-1-4(12-10)2-7(9)5(6)3-11/h2-6,8H,7H2,1H3;1-2H. The average Bonchev–Trinajstić information content (AvgIpc) is 2.68. The number of aryl methyl sites for hydroxylation is 1. The first-order chi connectivity index (χ1) is 13.4. The van der Waals surface area contributed by atoms with Gasteiger partial charge in [0.25, 0.3) is 0 Å². The first kappa shape index (κ1) is 20.8. The number of pyridine rings is 1. The third-order valence-corrected chi connectivity index (χ3v) is 3.62. The summed E-state index contributed by atoms with van der Waals surface area (Å²) in [6.07, 6.45) is 1.72. The van der Waals surface area contributed by atoms with Crippen LogP contribution in [-0.2, 0) is 6.67 Å². The summed E-state index contributed by atoms with van der Waals surface area (Å²) in [6, 6.07) is 10.6. The minimum absolute atomic E-state index is 0.0795. The molecule has 0 unspecified atom stereocenters. The molecule has 28 heavy (non-hydrogen) atoms. The van der Waals surface area contributed by atoms with Gasteiger partial charge < -0.3 is 0 Å². The maximum Gasteiger partial charge on any atom is 0.177 e. The fourth-order valence-electron chi connectivity index (χ4n) is 2.15. The second kappa shape index (κ2) is 9.46. The van der Waals surface area contributed by atoms with E-state index >= 15 is 0 Å². The first-order valence-corrected chi connectivity index (χ1v) is 7.84. The molecule has 0 bridgehead atoms. The van der Waals surface area contributed by atoms with Crippen LogP contribution in [0, 0.1) is 35.7 Å². The van der Waals surface area contributed by atoms with E-state index < -0.39 is 35.4 Å². The highest BCUT2D eigenvalue weighted by Gasteiger charge is 2.11. The molecule has 0 aliphatic heterocycles. The summed E-state index contributed by atoms with van der Waals surface area (Å²) in [5.41, 5.74) is 1.72. The fourth-order valence-corrected chi connectivity index (χ4v) is 2.15. The smallest absolute Gasteiger partial charge is 0.177 e. The topological polar surface area (TPSA) is 45.9 Å². The van der Waals surface area contributed by atoms with Gasteiger partial charge in [-0.15, -0.1) is 0 Å². The number of nitrogens with zero attached hydrogens (tertiary/aromatic N) is 2. The number of aromatic nitrogens is 1. The van der Waals surface area contributed by atoms with Gasteiger partial charge in [-0.1, -0.05) is 18.2 Å². The van der Waals surface area contributed by atoms with Crippen molar-refractivity contribution in [3.63, 3.8) is 0 Å². The number of alkyl halides is 1. The van der Waals surface area contributed by atoms with Gasteiger partial charge in [0.1, 0.15) is 35.8 Å². The number of hydrogen-bond acceptors (Lipinski definition) is 3. The predicted molar refractivity (Wildman–Crippen MR) is 92.0 cm³/mol. The van der Waals surface area contributed by atoms with E-state index in [0.29, 0.717) is 23.4 Å². The van der Waals surface area contributed by atoms with E-state index in [1.165, 1.54) is 18.2 Å². The summed E-state index contributed by atoms with van der Waals surface area (Å²) >= 11 is 0. The monoisotopic (exact) mass is 392 g/mol. The fraction of sp³-hybridized carbons (Fsp3) is 0.100. The molecule has 3 nitrogen and oxygen atoms in total. The quantitative estimate of drug-likeness (QED) is 0.532. The molecule has 1 aromatic heterocycles. The highest BCUT2D eigenvalue weighted by Crippen LogP contribution is 2.21. The molecule has 0 radical (unpaired) electrons. The van der Waals surface area contributed by atoms with E-state index in [0.717, 1.165) is 5.56 Å². The van der Waals surface area contributed by atoms with Crippen molar-refractivity contribution in [2.75, 3.05) is 0 Å². The summed E-state index contributed by atoms with van der Waals surface area (Å²) in [6.45, 7) is 1.15. The maximum atomic E-state index is 13.3. The van der Waals surface area contributed by atoms with Gasteiger partial charge in [0.2, 0.25) is 0 Å². The van der Waals surface area contributed by atoms with E-state index in [1.54, 1.807) is 12.3 Å². The van der Waals surface area contributed by atoms with Crippen LogP contribution >= 0.6 is 0 Å². The third kappa shape index (κ3) is 5.04. The van der Waals surface area contributed by atoms with Gasteiger partial charge in [0.15, 0.2) is 5.75 Å². The largest absolute Gasteiger partial charge is 0.294 e. The van der Waals surface area contributed by atoms with Crippen molar-refractivity contribution in [3.8, 4) is 23.1 Å². The van der Waals surface area contributed by atoms with Crippen LogP contribution in [-0.4, -0.2) is 4.98 Å². The van der Waals surface area contributed by atoms with Crippen molar-refractivity contribution in [3.05, 3.63) is 82.8 Å². The highest BCUT2D eigenvalue weighted by atomic mass is 19.3. The van der Waals surface area contributed by atoms with Crippen LogP contribution in [0.4, 0.5) is 22.1 Å². The van der Waals surface area contributed by atoms with E-state index in [4.69, 9.17) is 5.26 Å². The number of nitriles is 1. The van der Waals surface area contributed by atoms with Gasteiger partial charge >= 0.3 is 0 Å². The molecular weight excluding hydrogens is 379 g/mol. The van der Waals surface area contributed by atoms with E-state index in [9.17, 15) is 22.1 Å². The van der Waals surface area contributed by atoms with E-state index in [-0.39, 0.29) is 5.56 Å². The van der Waals surface area contributed by atoms with E-state index in [2.05, 4.69) is 9.93 Å². The van der Waals surface area contributed by atoms with Gasteiger partial charge in [-0.3, -0.25) is 9.93 Å². The van der Waals surface area contributed by atoms with Crippen molar-refractivity contribution in [1.29, 1.82) is 5.26 Å². The Balaban J connectivity index is 0.000000209. The second-order valence-corrected chi connectivity index (χ2v) is 5.61. The molecule has 0 aliphatic carbocycles. The van der Waals surface area contributed by atoms with Gasteiger partial charge in [0.05, 0.1) is 5.69 Å². The minimum atomic E-state index is -1.15. The molecule has 0 fully saturated rings. The summed E-state index contributed by atoms with van der Waals surface area (Å²) < 4.78 is 62.2. The normalized spacial score (nSPS) is 9.89.